The minimum Gasteiger partial charge on any atom is -0.345 e. The maximum atomic E-state index is 13.1. The van der Waals surface area contributed by atoms with Crippen molar-refractivity contribution >= 4 is 10.8 Å². The highest BCUT2D eigenvalue weighted by Gasteiger charge is 2.33. The average Bonchev–Trinajstić information content (AvgIpc) is 2.63. The van der Waals surface area contributed by atoms with E-state index in [4.69, 9.17) is 0 Å². The molecule has 5 rings (SSSR count). The molecule has 0 unspecified atom stereocenters. The zero-order chi connectivity index (χ0) is 16.1. The summed E-state index contributed by atoms with van der Waals surface area (Å²) in [5.74, 6) is 1.18. The van der Waals surface area contributed by atoms with E-state index >= 15 is 0 Å². The molecule has 2 aliphatic heterocycles. The van der Waals surface area contributed by atoms with E-state index in [2.05, 4.69) is 46.3 Å². The third-order valence-electron chi connectivity index (χ3n) is 5.70. The molecule has 1 fully saturated rings. The fourth-order valence-electron chi connectivity index (χ4n) is 4.49. The number of hydrogen-bond acceptors (Lipinski definition) is 1. The summed E-state index contributed by atoms with van der Waals surface area (Å²) in [6.45, 7) is 3.15. The van der Waals surface area contributed by atoms with Crippen molar-refractivity contribution in [2.75, 3.05) is 13.1 Å². The molecule has 3 aromatic rings. The lowest BCUT2D eigenvalue weighted by Gasteiger charge is -2.35. The fourth-order valence-corrected chi connectivity index (χ4v) is 4.49. The maximum Gasteiger partial charge on any atom is 0.258 e. The van der Waals surface area contributed by atoms with Gasteiger partial charge in [-0.2, -0.15) is 0 Å². The Morgan fingerprint density at radius 2 is 1.83 bits per heavy atom. The summed E-state index contributed by atoms with van der Waals surface area (Å²) in [5, 5.41) is 4.80. The first-order valence-corrected chi connectivity index (χ1v) is 8.84. The topological polar surface area (TPSA) is 38.6 Å². The van der Waals surface area contributed by atoms with Crippen LogP contribution in [-0.4, -0.2) is 17.7 Å². The summed E-state index contributed by atoms with van der Waals surface area (Å²) in [7, 11) is 0. The summed E-state index contributed by atoms with van der Waals surface area (Å²) in [6.07, 6.45) is 1.24. The number of fused-ring (bicyclic) bond motifs is 5. The molecule has 0 saturated carbocycles. The second-order valence-electron chi connectivity index (χ2n) is 7.21. The van der Waals surface area contributed by atoms with E-state index in [0.717, 1.165) is 30.8 Å². The first-order chi connectivity index (χ1) is 11.8. The van der Waals surface area contributed by atoms with E-state index in [9.17, 15) is 4.79 Å². The highest BCUT2D eigenvalue weighted by molar-refractivity contribution is 5.87. The first-order valence-electron chi connectivity index (χ1n) is 8.84. The van der Waals surface area contributed by atoms with Gasteiger partial charge in [-0.3, -0.25) is 4.79 Å². The van der Waals surface area contributed by atoms with Crippen LogP contribution in [0, 0.1) is 5.92 Å². The molecule has 0 radical (unpaired) electrons. The second kappa shape index (κ2) is 5.32. The van der Waals surface area contributed by atoms with Crippen molar-refractivity contribution in [3.8, 4) is 11.1 Å². The van der Waals surface area contributed by atoms with E-state index in [1.54, 1.807) is 0 Å². The minimum absolute atomic E-state index is 0.180. The lowest BCUT2D eigenvalue weighted by Crippen LogP contribution is -2.89. The molecule has 24 heavy (non-hydrogen) atoms. The van der Waals surface area contributed by atoms with Crippen LogP contribution in [0.5, 0.6) is 0 Å². The van der Waals surface area contributed by atoms with Crippen molar-refractivity contribution in [2.24, 2.45) is 5.92 Å². The Morgan fingerprint density at radius 3 is 2.75 bits per heavy atom. The second-order valence-corrected chi connectivity index (χ2v) is 7.21. The van der Waals surface area contributed by atoms with Crippen LogP contribution in [0.4, 0.5) is 0 Å². The third-order valence-corrected chi connectivity index (χ3v) is 5.70. The summed E-state index contributed by atoms with van der Waals surface area (Å²) in [6, 6.07) is 18.8. The summed E-state index contributed by atoms with van der Waals surface area (Å²) in [5.41, 5.74) is 3.26. The van der Waals surface area contributed by atoms with Crippen LogP contribution in [0.2, 0.25) is 0 Å². The smallest absolute Gasteiger partial charge is 0.258 e. The minimum atomic E-state index is 0.180. The highest BCUT2D eigenvalue weighted by Crippen LogP contribution is 2.31. The van der Waals surface area contributed by atoms with E-state index in [1.807, 2.05) is 18.2 Å². The van der Waals surface area contributed by atoms with Crippen LogP contribution in [0.1, 0.15) is 18.0 Å². The van der Waals surface area contributed by atoms with Crippen LogP contribution in [0.15, 0.2) is 59.4 Å². The predicted octanol–water partition coefficient (Wildman–Crippen LogP) is 2.35. The molecular formula is C21H21N2O+. The van der Waals surface area contributed by atoms with Gasteiger partial charge in [-0.05, 0) is 41.0 Å². The summed E-state index contributed by atoms with van der Waals surface area (Å²) < 4.78 is 2.05. The molecule has 2 aliphatic rings. The van der Waals surface area contributed by atoms with Crippen LogP contribution >= 0.6 is 0 Å². The number of pyridine rings is 1. The van der Waals surface area contributed by atoms with Crippen molar-refractivity contribution in [2.45, 2.75) is 18.9 Å². The van der Waals surface area contributed by atoms with E-state index in [-0.39, 0.29) is 5.56 Å². The van der Waals surface area contributed by atoms with E-state index < -0.39 is 0 Å². The summed E-state index contributed by atoms with van der Waals surface area (Å²) in [4.78, 5) is 13.1. The number of benzene rings is 2. The predicted molar refractivity (Wildman–Crippen MR) is 96.2 cm³/mol. The molecule has 3 nitrogen and oxygen atoms in total. The molecule has 1 saturated heterocycles. The molecule has 0 aliphatic carbocycles. The van der Waals surface area contributed by atoms with Gasteiger partial charge in [-0.15, -0.1) is 0 Å². The number of piperidine rings is 1. The Hall–Kier alpha value is -2.39. The largest absolute Gasteiger partial charge is 0.345 e. The van der Waals surface area contributed by atoms with Gasteiger partial charge in [0, 0.05) is 29.6 Å². The van der Waals surface area contributed by atoms with Gasteiger partial charge < -0.3 is 9.88 Å². The molecule has 3 heteroatoms. The van der Waals surface area contributed by atoms with Gasteiger partial charge in [0.25, 0.3) is 5.56 Å². The van der Waals surface area contributed by atoms with Crippen LogP contribution in [0.25, 0.3) is 21.9 Å². The van der Waals surface area contributed by atoms with Gasteiger partial charge >= 0.3 is 0 Å². The van der Waals surface area contributed by atoms with E-state index in [0.29, 0.717) is 11.8 Å². The highest BCUT2D eigenvalue weighted by atomic mass is 16.1. The fraction of sp³-hybridized carbons (Fsp3) is 0.286. The van der Waals surface area contributed by atoms with Gasteiger partial charge in [-0.1, -0.05) is 36.4 Å². The number of nitrogens with two attached hydrogens (primary N) is 1. The molecule has 2 bridgehead atoms. The van der Waals surface area contributed by atoms with Crippen LogP contribution < -0.4 is 10.9 Å². The molecule has 3 heterocycles. The zero-order valence-corrected chi connectivity index (χ0v) is 13.6. The Labute approximate surface area is 140 Å². The Bertz CT molecular complexity index is 989. The lowest BCUT2D eigenvalue weighted by molar-refractivity contribution is -0.673. The van der Waals surface area contributed by atoms with Gasteiger partial charge in [0.1, 0.15) is 0 Å². The van der Waals surface area contributed by atoms with Crippen LogP contribution in [0.3, 0.4) is 0 Å². The molecule has 120 valence electrons. The van der Waals surface area contributed by atoms with Gasteiger partial charge in [0.05, 0.1) is 13.1 Å². The molecular weight excluding hydrogens is 296 g/mol. The van der Waals surface area contributed by atoms with Crippen molar-refractivity contribution in [1.29, 1.82) is 0 Å². The molecule has 2 N–H and O–H groups in total. The Kier molecular flexibility index (Phi) is 3.10. The number of nitrogens with zero attached hydrogens (tertiary/aromatic N) is 1. The number of rotatable bonds is 1. The molecule has 2 aromatic carbocycles. The molecule has 2 atom stereocenters. The first kappa shape index (κ1) is 14.0. The molecule has 0 spiro atoms. The van der Waals surface area contributed by atoms with Gasteiger partial charge in [0.15, 0.2) is 0 Å². The molecule has 1 aromatic heterocycles. The normalized spacial score (nSPS) is 22.3. The SMILES string of the molecule is O=c1c(-c2ccc3ccccc3c2)ccc2n1C[C@@H]1C[NH2+]C[C@H]2C1. The Morgan fingerprint density at radius 1 is 0.958 bits per heavy atom. The van der Waals surface area contributed by atoms with Crippen LogP contribution in [-0.2, 0) is 6.54 Å². The van der Waals surface area contributed by atoms with Crippen molar-refractivity contribution in [1.82, 2.24) is 4.57 Å². The quantitative estimate of drug-likeness (QED) is 0.735. The van der Waals surface area contributed by atoms with E-state index in [1.165, 1.54) is 22.9 Å². The third kappa shape index (κ3) is 2.12. The Balaban J connectivity index is 1.66. The summed E-state index contributed by atoms with van der Waals surface area (Å²) >= 11 is 0. The van der Waals surface area contributed by atoms with Crippen molar-refractivity contribution in [3.05, 3.63) is 70.6 Å². The standard InChI is InChI=1S/C21H20N2O/c24-21-19(17-6-5-15-3-1-2-4-16(15)10-17)7-8-20-18-9-14(11-22-12-18)13-23(20)21/h1-8,10,14,18,22H,9,11-13H2/p+1/t14-,18+/m0/s1. The molecule has 0 amide bonds. The van der Waals surface area contributed by atoms with Crippen molar-refractivity contribution in [3.63, 3.8) is 0 Å². The average molecular weight is 317 g/mol. The number of hydrogen-bond donors (Lipinski definition) is 1. The van der Waals surface area contributed by atoms with Gasteiger partial charge in [-0.25, -0.2) is 0 Å². The lowest BCUT2D eigenvalue weighted by atomic mass is 9.84. The monoisotopic (exact) mass is 317 g/mol. The maximum absolute atomic E-state index is 13.1. The zero-order valence-electron chi connectivity index (χ0n) is 13.6. The number of aromatic nitrogens is 1. The number of quaternary nitrogens is 1. The van der Waals surface area contributed by atoms with Gasteiger partial charge in [0.2, 0.25) is 0 Å². The van der Waals surface area contributed by atoms with Crippen molar-refractivity contribution < 1.29 is 5.32 Å².